The van der Waals surface area contributed by atoms with Gasteiger partial charge < -0.3 is 10.4 Å². The Labute approximate surface area is 110 Å². The second kappa shape index (κ2) is 7.31. The molecule has 0 radical (unpaired) electrons. The molecular weight excluding hydrogens is 249 g/mol. The SMILES string of the molecule is CCCC(NC(=O)/C=C/c1ccc(F)cc1)C(=O)O. The summed E-state index contributed by atoms with van der Waals surface area (Å²) in [6.07, 6.45) is 3.78. The second-order valence-corrected chi connectivity index (χ2v) is 4.07. The Balaban J connectivity index is 2.58. The smallest absolute Gasteiger partial charge is 0.326 e. The minimum atomic E-state index is -1.05. The zero-order valence-electron chi connectivity index (χ0n) is 10.6. The standard InChI is InChI=1S/C14H16FNO3/c1-2-3-12(14(18)19)16-13(17)9-6-10-4-7-11(15)8-5-10/h4-9,12H,2-3H2,1H3,(H,16,17)(H,18,19)/b9-6+. The van der Waals surface area contributed by atoms with Crippen LogP contribution in [0, 0.1) is 5.82 Å². The molecule has 2 N–H and O–H groups in total. The van der Waals surface area contributed by atoms with Gasteiger partial charge in [-0.25, -0.2) is 9.18 Å². The Bertz CT molecular complexity index is 468. The van der Waals surface area contributed by atoms with Gasteiger partial charge in [0.05, 0.1) is 0 Å². The molecule has 0 aliphatic carbocycles. The maximum Gasteiger partial charge on any atom is 0.326 e. The van der Waals surface area contributed by atoms with E-state index in [1.54, 1.807) is 0 Å². The molecule has 0 saturated carbocycles. The third-order valence-corrected chi connectivity index (χ3v) is 2.49. The van der Waals surface area contributed by atoms with E-state index in [1.165, 1.54) is 36.4 Å². The van der Waals surface area contributed by atoms with Crippen molar-refractivity contribution in [1.82, 2.24) is 5.32 Å². The molecule has 102 valence electrons. The number of benzene rings is 1. The molecule has 1 rings (SSSR count). The molecule has 1 aromatic carbocycles. The van der Waals surface area contributed by atoms with E-state index in [9.17, 15) is 14.0 Å². The number of halogens is 1. The number of carbonyl (C=O) groups excluding carboxylic acids is 1. The van der Waals surface area contributed by atoms with Crippen molar-refractivity contribution in [2.45, 2.75) is 25.8 Å². The third-order valence-electron chi connectivity index (χ3n) is 2.49. The Morgan fingerprint density at radius 1 is 1.37 bits per heavy atom. The number of carbonyl (C=O) groups is 2. The quantitative estimate of drug-likeness (QED) is 0.775. The summed E-state index contributed by atoms with van der Waals surface area (Å²) >= 11 is 0. The summed E-state index contributed by atoms with van der Waals surface area (Å²) < 4.78 is 12.7. The summed E-state index contributed by atoms with van der Waals surface area (Å²) in [6.45, 7) is 1.84. The molecule has 5 heteroatoms. The van der Waals surface area contributed by atoms with E-state index in [1.807, 2.05) is 6.92 Å². The number of carboxylic acid groups (broad SMARTS) is 1. The summed E-state index contributed by atoms with van der Waals surface area (Å²) in [6, 6.07) is 4.75. The number of amides is 1. The highest BCUT2D eigenvalue weighted by atomic mass is 19.1. The fraction of sp³-hybridized carbons (Fsp3) is 0.286. The first-order valence-corrected chi connectivity index (χ1v) is 6.00. The van der Waals surface area contributed by atoms with E-state index >= 15 is 0 Å². The highest BCUT2D eigenvalue weighted by Gasteiger charge is 2.17. The molecule has 1 unspecified atom stereocenters. The lowest BCUT2D eigenvalue weighted by Gasteiger charge is -2.11. The van der Waals surface area contributed by atoms with E-state index in [0.717, 1.165) is 0 Å². The molecule has 0 aromatic heterocycles. The van der Waals surface area contributed by atoms with Gasteiger partial charge in [0.2, 0.25) is 5.91 Å². The Morgan fingerprint density at radius 2 is 2.00 bits per heavy atom. The van der Waals surface area contributed by atoms with Crippen molar-refractivity contribution in [3.63, 3.8) is 0 Å². The van der Waals surface area contributed by atoms with Crippen molar-refractivity contribution in [3.8, 4) is 0 Å². The molecule has 0 spiro atoms. The minimum absolute atomic E-state index is 0.351. The van der Waals surface area contributed by atoms with Gasteiger partial charge in [0.1, 0.15) is 11.9 Å². The lowest BCUT2D eigenvalue weighted by atomic mass is 10.1. The topological polar surface area (TPSA) is 66.4 Å². The van der Waals surface area contributed by atoms with Crippen LogP contribution in [0.15, 0.2) is 30.3 Å². The molecule has 19 heavy (non-hydrogen) atoms. The first kappa shape index (κ1) is 14.9. The lowest BCUT2D eigenvalue weighted by molar-refractivity contribution is -0.141. The average Bonchev–Trinajstić information content (AvgIpc) is 2.37. The molecule has 0 heterocycles. The summed E-state index contributed by atoms with van der Waals surface area (Å²) in [5, 5.41) is 11.3. The minimum Gasteiger partial charge on any atom is -0.480 e. The van der Waals surface area contributed by atoms with Gasteiger partial charge in [-0.15, -0.1) is 0 Å². The van der Waals surface area contributed by atoms with Crippen LogP contribution >= 0.6 is 0 Å². The van der Waals surface area contributed by atoms with Crippen LogP contribution < -0.4 is 5.32 Å². The van der Waals surface area contributed by atoms with Gasteiger partial charge in [0, 0.05) is 6.08 Å². The number of rotatable bonds is 6. The molecule has 1 aromatic rings. The van der Waals surface area contributed by atoms with Crippen LogP contribution in [0.4, 0.5) is 4.39 Å². The van der Waals surface area contributed by atoms with Crippen LogP contribution in [0.2, 0.25) is 0 Å². The monoisotopic (exact) mass is 265 g/mol. The summed E-state index contributed by atoms with van der Waals surface area (Å²) in [5.41, 5.74) is 0.666. The first-order chi connectivity index (χ1) is 9.02. The largest absolute Gasteiger partial charge is 0.480 e. The van der Waals surface area contributed by atoms with Crippen LogP contribution in [0.25, 0.3) is 6.08 Å². The second-order valence-electron chi connectivity index (χ2n) is 4.07. The lowest BCUT2D eigenvalue weighted by Crippen LogP contribution is -2.39. The summed E-state index contributed by atoms with van der Waals surface area (Å²) in [7, 11) is 0. The van der Waals surface area contributed by atoms with Gasteiger partial charge >= 0.3 is 5.97 Å². The Hall–Kier alpha value is -2.17. The van der Waals surface area contributed by atoms with E-state index in [4.69, 9.17) is 5.11 Å². The van der Waals surface area contributed by atoms with Crippen molar-refractivity contribution in [2.24, 2.45) is 0 Å². The van der Waals surface area contributed by atoms with Gasteiger partial charge in [-0.05, 0) is 30.2 Å². The number of hydrogen-bond donors (Lipinski definition) is 2. The first-order valence-electron chi connectivity index (χ1n) is 6.00. The highest BCUT2D eigenvalue weighted by Crippen LogP contribution is 2.04. The fourth-order valence-electron chi connectivity index (χ4n) is 1.51. The van der Waals surface area contributed by atoms with Crippen LogP contribution in [-0.4, -0.2) is 23.0 Å². The number of nitrogens with one attached hydrogen (secondary N) is 1. The molecule has 1 atom stereocenters. The van der Waals surface area contributed by atoms with Crippen molar-refractivity contribution >= 4 is 18.0 Å². The molecule has 0 bridgehead atoms. The van der Waals surface area contributed by atoms with Gasteiger partial charge in [-0.2, -0.15) is 0 Å². The fourth-order valence-corrected chi connectivity index (χ4v) is 1.51. The van der Waals surface area contributed by atoms with Crippen LogP contribution in [0.1, 0.15) is 25.3 Å². The van der Waals surface area contributed by atoms with E-state index in [2.05, 4.69) is 5.32 Å². The van der Waals surface area contributed by atoms with Crippen molar-refractivity contribution in [2.75, 3.05) is 0 Å². The third kappa shape index (κ3) is 5.33. The van der Waals surface area contributed by atoms with Gasteiger partial charge in [-0.3, -0.25) is 4.79 Å². The van der Waals surface area contributed by atoms with Crippen molar-refractivity contribution < 1.29 is 19.1 Å². The van der Waals surface area contributed by atoms with Crippen LogP contribution in [-0.2, 0) is 9.59 Å². The number of hydrogen-bond acceptors (Lipinski definition) is 2. The maximum absolute atomic E-state index is 12.7. The van der Waals surface area contributed by atoms with E-state index in [0.29, 0.717) is 18.4 Å². The normalized spacial score (nSPS) is 12.3. The predicted octanol–water partition coefficient (Wildman–Crippen LogP) is 2.21. The molecule has 0 fully saturated rings. The maximum atomic E-state index is 12.7. The summed E-state index contributed by atoms with van der Waals surface area (Å²) in [5.74, 6) is -1.88. The molecule has 0 aliphatic rings. The van der Waals surface area contributed by atoms with Crippen molar-refractivity contribution in [3.05, 3.63) is 41.7 Å². The van der Waals surface area contributed by atoms with Crippen LogP contribution in [0.3, 0.4) is 0 Å². The van der Waals surface area contributed by atoms with Crippen LogP contribution in [0.5, 0.6) is 0 Å². The summed E-state index contributed by atoms with van der Waals surface area (Å²) in [4.78, 5) is 22.4. The molecule has 4 nitrogen and oxygen atoms in total. The average molecular weight is 265 g/mol. The number of carboxylic acids is 1. The zero-order valence-corrected chi connectivity index (χ0v) is 10.6. The molecule has 0 aliphatic heterocycles. The van der Waals surface area contributed by atoms with E-state index < -0.39 is 17.9 Å². The Morgan fingerprint density at radius 3 is 2.53 bits per heavy atom. The molecule has 0 saturated heterocycles. The molecular formula is C14H16FNO3. The number of aliphatic carboxylic acids is 1. The van der Waals surface area contributed by atoms with Gasteiger partial charge in [0.15, 0.2) is 0 Å². The van der Waals surface area contributed by atoms with E-state index in [-0.39, 0.29) is 5.82 Å². The van der Waals surface area contributed by atoms with Gasteiger partial charge in [0.25, 0.3) is 0 Å². The molecule has 1 amide bonds. The van der Waals surface area contributed by atoms with Gasteiger partial charge in [-0.1, -0.05) is 25.5 Å². The zero-order chi connectivity index (χ0) is 14.3. The van der Waals surface area contributed by atoms with Crippen molar-refractivity contribution in [1.29, 1.82) is 0 Å². The highest BCUT2D eigenvalue weighted by molar-refractivity contribution is 5.94. The Kier molecular flexibility index (Phi) is 5.73. The predicted molar refractivity (Wildman–Crippen MR) is 69.9 cm³/mol.